The molecule has 0 aliphatic rings. The van der Waals surface area contributed by atoms with Crippen LogP contribution in [0.3, 0.4) is 0 Å². The summed E-state index contributed by atoms with van der Waals surface area (Å²) >= 11 is 5.87. The standard InChI is InChI=1S/C13H16ClFN4/c1-2-5-16-7-13-17-9-18-19(13)8-10-6-11(14)3-4-12(10)15/h3-4,6,9,16H,2,5,7-8H2,1H3. The van der Waals surface area contributed by atoms with E-state index in [1.807, 2.05) is 0 Å². The molecule has 1 aromatic heterocycles. The topological polar surface area (TPSA) is 42.7 Å². The van der Waals surface area contributed by atoms with Gasteiger partial charge in [0.2, 0.25) is 0 Å². The number of benzene rings is 1. The molecular weight excluding hydrogens is 267 g/mol. The van der Waals surface area contributed by atoms with Gasteiger partial charge in [0.1, 0.15) is 18.0 Å². The molecule has 0 atom stereocenters. The maximum absolute atomic E-state index is 13.7. The molecule has 2 aromatic rings. The fraction of sp³-hybridized carbons (Fsp3) is 0.385. The van der Waals surface area contributed by atoms with Crippen LogP contribution in [0.4, 0.5) is 4.39 Å². The second-order valence-corrected chi connectivity index (χ2v) is 4.68. The van der Waals surface area contributed by atoms with Gasteiger partial charge in [0.15, 0.2) is 0 Å². The molecule has 0 spiro atoms. The predicted molar refractivity (Wildman–Crippen MR) is 72.5 cm³/mol. The Morgan fingerprint density at radius 1 is 1.42 bits per heavy atom. The maximum Gasteiger partial charge on any atom is 0.141 e. The van der Waals surface area contributed by atoms with E-state index in [4.69, 9.17) is 11.6 Å². The highest BCUT2D eigenvalue weighted by molar-refractivity contribution is 6.30. The molecule has 0 radical (unpaired) electrons. The van der Waals surface area contributed by atoms with E-state index < -0.39 is 0 Å². The summed E-state index contributed by atoms with van der Waals surface area (Å²) in [6.45, 7) is 3.96. The zero-order chi connectivity index (χ0) is 13.7. The van der Waals surface area contributed by atoms with E-state index in [0.29, 0.717) is 23.7 Å². The van der Waals surface area contributed by atoms with Gasteiger partial charge in [-0.3, -0.25) is 0 Å². The fourth-order valence-electron chi connectivity index (χ4n) is 1.76. The van der Waals surface area contributed by atoms with Gasteiger partial charge in [0.05, 0.1) is 13.1 Å². The van der Waals surface area contributed by atoms with Crippen molar-refractivity contribution in [1.82, 2.24) is 20.1 Å². The summed E-state index contributed by atoms with van der Waals surface area (Å²) in [6, 6.07) is 4.51. The average Bonchev–Trinajstić information content (AvgIpc) is 2.82. The lowest BCUT2D eigenvalue weighted by Gasteiger charge is -2.08. The number of hydrogen-bond donors (Lipinski definition) is 1. The van der Waals surface area contributed by atoms with Crippen LogP contribution in [0, 0.1) is 5.82 Å². The number of nitrogens with one attached hydrogen (secondary N) is 1. The van der Waals surface area contributed by atoms with Crippen LogP contribution in [0.2, 0.25) is 5.02 Å². The number of hydrogen-bond acceptors (Lipinski definition) is 3. The van der Waals surface area contributed by atoms with Gasteiger partial charge in [-0.1, -0.05) is 18.5 Å². The summed E-state index contributed by atoms with van der Waals surface area (Å²) in [5.74, 6) is 0.500. The molecule has 19 heavy (non-hydrogen) atoms. The summed E-state index contributed by atoms with van der Waals surface area (Å²) in [4.78, 5) is 4.17. The Labute approximate surface area is 116 Å². The minimum Gasteiger partial charge on any atom is -0.310 e. The molecule has 102 valence electrons. The number of halogens is 2. The molecule has 0 saturated carbocycles. The van der Waals surface area contributed by atoms with Crippen LogP contribution in [-0.2, 0) is 13.1 Å². The molecule has 0 bridgehead atoms. The van der Waals surface area contributed by atoms with Gasteiger partial charge in [-0.2, -0.15) is 5.10 Å². The zero-order valence-electron chi connectivity index (χ0n) is 10.7. The van der Waals surface area contributed by atoms with Crippen molar-refractivity contribution in [2.75, 3.05) is 6.54 Å². The van der Waals surface area contributed by atoms with E-state index >= 15 is 0 Å². The Morgan fingerprint density at radius 3 is 3.05 bits per heavy atom. The van der Waals surface area contributed by atoms with Crippen molar-refractivity contribution in [3.8, 4) is 0 Å². The van der Waals surface area contributed by atoms with Crippen molar-refractivity contribution >= 4 is 11.6 Å². The van der Waals surface area contributed by atoms with Crippen LogP contribution in [-0.4, -0.2) is 21.3 Å². The van der Waals surface area contributed by atoms with E-state index in [-0.39, 0.29) is 5.82 Å². The smallest absolute Gasteiger partial charge is 0.141 e. The van der Waals surface area contributed by atoms with Crippen LogP contribution in [0.5, 0.6) is 0 Å². The van der Waals surface area contributed by atoms with Crippen molar-refractivity contribution < 1.29 is 4.39 Å². The van der Waals surface area contributed by atoms with E-state index in [1.165, 1.54) is 18.5 Å². The van der Waals surface area contributed by atoms with E-state index in [9.17, 15) is 4.39 Å². The minimum atomic E-state index is -0.285. The number of rotatable bonds is 6. The Kier molecular flexibility index (Phi) is 4.87. The second kappa shape index (κ2) is 6.63. The lowest BCUT2D eigenvalue weighted by molar-refractivity contribution is 0.555. The normalized spacial score (nSPS) is 10.9. The van der Waals surface area contributed by atoms with Gasteiger partial charge < -0.3 is 5.32 Å². The molecule has 1 heterocycles. The van der Waals surface area contributed by atoms with Gasteiger partial charge in [0.25, 0.3) is 0 Å². The SMILES string of the molecule is CCCNCc1ncnn1Cc1cc(Cl)ccc1F. The molecule has 4 nitrogen and oxygen atoms in total. The van der Waals surface area contributed by atoms with Crippen molar-refractivity contribution in [3.63, 3.8) is 0 Å². The molecule has 0 fully saturated rings. The van der Waals surface area contributed by atoms with Crippen LogP contribution in [0.25, 0.3) is 0 Å². The molecule has 1 aromatic carbocycles. The minimum absolute atomic E-state index is 0.285. The molecular formula is C13H16ClFN4. The van der Waals surface area contributed by atoms with Crippen LogP contribution in [0.1, 0.15) is 24.7 Å². The number of aromatic nitrogens is 3. The highest BCUT2D eigenvalue weighted by atomic mass is 35.5. The highest BCUT2D eigenvalue weighted by Crippen LogP contribution is 2.16. The van der Waals surface area contributed by atoms with Gasteiger partial charge in [-0.15, -0.1) is 0 Å². The van der Waals surface area contributed by atoms with Gasteiger partial charge >= 0.3 is 0 Å². The molecule has 0 aliphatic heterocycles. The second-order valence-electron chi connectivity index (χ2n) is 4.25. The summed E-state index contributed by atoms with van der Waals surface area (Å²) in [7, 11) is 0. The molecule has 0 saturated heterocycles. The summed E-state index contributed by atoms with van der Waals surface area (Å²) in [5.41, 5.74) is 0.509. The Hall–Kier alpha value is -1.46. The van der Waals surface area contributed by atoms with Gasteiger partial charge in [0, 0.05) is 10.6 Å². The molecule has 6 heteroatoms. The van der Waals surface area contributed by atoms with Crippen LogP contribution >= 0.6 is 11.6 Å². The van der Waals surface area contributed by atoms with Crippen LogP contribution < -0.4 is 5.32 Å². The first-order valence-electron chi connectivity index (χ1n) is 6.22. The summed E-state index contributed by atoms with van der Waals surface area (Å²) < 4.78 is 15.3. The van der Waals surface area contributed by atoms with Gasteiger partial charge in [-0.05, 0) is 31.2 Å². The molecule has 0 unspecified atom stereocenters. The third kappa shape index (κ3) is 3.75. The summed E-state index contributed by atoms with van der Waals surface area (Å²) in [5, 5.41) is 7.88. The third-order valence-electron chi connectivity index (χ3n) is 2.73. The zero-order valence-corrected chi connectivity index (χ0v) is 11.5. The van der Waals surface area contributed by atoms with Crippen molar-refractivity contribution in [3.05, 3.63) is 46.8 Å². The number of nitrogens with zero attached hydrogens (tertiary/aromatic N) is 3. The first-order valence-corrected chi connectivity index (χ1v) is 6.60. The average molecular weight is 283 g/mol. The molecule has 1 N–H and O–H groups in total. The van der Waals surface area contributed by atoms with E-state index in [1.54, 1.807) is 10.7 Å². The van der Waals surface area contributed by atoms with E-state index in [2.05, 4.69) is 22.3 Å². The Balaban J connectivity index is 2.10. The van der Waals surface area contributed by atoms with Gasteiger partial charge in [-0.25, -0.2) is 14.1 Å². The van der Waals surface area contributed by atoms with Crippen molar-refractivity contribution in [1.29, 1.82) is 0 Å². The van der Waals surface area contributed by atoms with Crippen molar-refractivity contribution in [2.45, 2.75) is 26.4 Å². The summed E-state index contributed by atoms with van der Waals surface area (Å²) in [6.07, 6.45) is 2.53. The first-order chi connectivity index (χ1) is 9.20. The largest absolute Gasteiger partial charge is 0.310 e. The monoisotopic (exact) mass is 282 g/mol. The fourth-order valence-corrected chi connectivity index (χ4v) is 1.95. The molecule has 0 amide bonds. The van der Waals surface area contributed by atoms with E-state index in [0.717, 1.165) is 18.8 Å². The lowest BCUT2D eigenvalue weighted by Crippen LogP contribution is -2.18. The lowest BCUT2D eigenvalue weighted by atomic mass is 10.2. The quantitative estimate of drug-likeness (QED) is 0.828. The Bertz CT molecular complexity index is 541. The first kappa shape index (κ1) is 14.0. The van der Waals surface area contributed by atoms with Crippen molar-refractivity contribution in [2.24, 2.45) is 0 Å². The predicted octanol–water partition coefficient (Wildman–Crippen LogP) is 2.62. The Morgan fingerprint density at radius 2 is 2.26 bits per heavy atom. The maximum atomic E-state index is 13.7. The molecule has 0 aliphatic carbocycles. The third-order valence-corrected chi connectivity index (χ3v) is 2.97. The molecule has 2 rings (SSSR count). The van der Waals surface area contributed by atoms with Crippen LogP contribution in [0.15, 0.2) is 24.5 Å². The highest BCUT2D eigenvalue weighted by Gasteiger charge is 2.08.